The third kappa shape index (κ3) is 5.20. The summed E-state index contributed by atoms with van der Waals surface area (Å²) in [4.78, 5) is 26.5. The number of halogens is 3. The van der Waals surface area contributed by atoms with Crippen LogP contribution < -0.4 is 4.31 Å². The maximum absolute atomic E-state index is 13.4. The standard InChI is InChI=1S/C21H27F3N2O6S/c1-3-15(2)31-19(28)26(33(29,30)21(22,23)24)17-9-5-4-8-16(17)14-25-13-12-20(32-18(25)27)10-6-7-11-20/h4-5,8-9,15H,3,6-7,10-14H2,1-2H3. The molecular formula is C21H27F3N2O6S. The molecule has 1 aromatic rings. The first-order valence-corrected chi connectivity index (χ1v) is 12.2. The molecule has 0 aromatic heterocycles. The summed E-state index contributed by atoms with van der Waals surface area (Å²) in [5.41, 5.74) is -6.74. The number of carbonyl (C=O) groups excluding carboxylic acids is 2. The van der Waals surface area contributed by atoms with Gasteiger partial charge in [-0.2, -0.15) is 25.9 Å². The maximum Gasteiger partial charge on any atom is 0.517 e. The van der Waals surface area contributed by atoms with Gasteiger partial charge in [-0.3, -0.25) is 0 Å². The van der Waals surface area contributed by atoms with Gasteiger partial charge < -0.3 is 14.4 Å². The second-order valence-corrected chi connectivity index (χ2v) is 10.2. The van der Waals surface area contributed by atoms with Crippen molar-refractivity contribution in [1.82, 2.24) is 4.90 Å². The van der Waals surface area contributed by atoms with Crippen molar-refractivity contribution >= 4 is 27.9 Å². The number of amides is 2. The van der Waals surface area contributed by atoms with E-state index in [0.29, 0.717) is 13.0 Å². The Morgan fingerprint density at radius 3 is 2.45 bits per heavy atom. The summed E-state index contributed by atoms with van der Waals surface area (Å²) in [5, 5.41) is 0. The van der Waals surface area contributed by atoms with E-state index in [1.54, 1.807) is 6.92 Å². The molecule has 33 heavy (non-hydrogen) atoms. The fourth-order valence-electron chi connectivity index (χ4n) is 4.03. The van der Waals surface area contributed by atoms with Crippen molar-refractivity contribution in [2.75, 3.05) is 10.8 Å². The van der Waals surface area contributed by atoms with Crippen molar-refractivity contribution in [3.8, 4) is 0 Å². The molecule has 2 amide bonds. The van der Waals surface area contributed by atoms with E-state index >= 15 is 0 Å². The molecule has 1 heterocycles. The van der Waals surface area contributed by atoms with Gasteiger partial charge in [0.05, 0.1) is 12.2 Å². The first-order valence-electron chi connectivity index (χ1n) is 10.8. The van der Waals surface area contributed by atoms with E-state index in [0.717, 1.165) is 31.7 Å². The van der Waals surface area contributed by atoms with Crippen LogP contribution in [0.25, 0.3) is 0 Å². The normalized spacial score (nSPS) is 19.3. The zero-order valence-electron chi connectivity index (χ0n) is 18.4. The van der Waals surface area contributed by atoms with E-state index in [4.69, 9.17) is 9.47 Å². The Balaban J connectivity index is 1.93. The van der Waals surface area contributed by atoms with E-state index in [1.807, 2.05) is 0 Å². The van der Waals surface area contributed by atoms with Crippen LogP contribution in [0.5, 0.6) is 0 Å². The summed E-state index contributed by atoms with van der Waals surface area (Å²) in [6.45, 7) is 3.14. The first kappa shape index (κ1) is 25.1. The highest BCUT2D eigenvalue weighted by molar-refractivity contribution is 7.94. The van der Waals surface area contributed by atoms with Gasteiger partial charge in [-0.05, 0) is 50.7 Å². The summed E-state index contributed by atoms with van der Waals surface area (Å²) >= 11 is 0. The highest BCUT2D eigenvalue weighted by atomic mass is 32.2. The van der Waals surface area contributed by atoms with Crippen LogP contribution in [0.1, 0.15) is 57.9 Å². The Bertz CT molecular complexity index is 992. The zero-order chi connectivity index (χ0) is 24.4. The number of anilines is 1. The fraction of sp³-hybridized carbons (Fsp3) is 0.619. The number of nitrogens with zero attached hydrogens (tertiary/aromatic N) is 2. The number of benzene rings is 1. The Morgan fingerprint density at radius 2 is 1.88 bits per heavy atom. The van der Waals surface area contributed by atoms with Gasteiger partial charge in [0.15, 0.2) is 0 Å². The van der Waals surface area contributed by atoms with Gasteiger partial charge in [0.2, 0.25) is 0 Å². The summed E-state index contributed by atoms with van der Waals surface area (Å²) < 4.78 is 75.2. The third-order valence-corrected chi connectivity index (χ3v) is 7.47. The maximum atomic E-state index is 13.4. The molecule has 1 spiro atoms. The van der Waals surface area contributed by atoms with E-state index in [9.17, 15) is 31.2 Å². The Kier molecular flexibility index (Phi) is 7.15. The quantitative estimate of drug-likeness (QED) is 0.559. The molecule has 8 nitrogen and oxygen atoms in total. The van der Waals surface area contributed by atoms with Crippen molar-refractivity contribution in [2.24, 2.45) is 0 Å². The molecule has 0 bridgehead atoms. The molecule has 1 aliphatic heterocycles. The summed E-state index contributed by atoms with van der Waals surface area (Å²) in [6, 6.07) is 5.21. The van der Waals surface area contributed by atoms with Gasteiger partial charge in [-0.15, -0.1) is 0 Å². The highest BCUT2D eigenvalue weighted by Gasteiger charge is 2.54. The first-order chi connectivity index (χ1) is 15.4. The molecule has 2 aliphatic rings. The van der Waals surface area contributed by atoms with Crippen LogP contribution in [0, 0.1) is 0 Å². The second kappa shape index (κ2) is 9.40. The number of alkyl halides is 3. The van der Waals surface area contributed by atoms with Gasteiger partial charge in [0, 0.05) is 13.0 Å². The van der Waals surface area contributed by atoms with Gasteiger partial charge >= 0.3 is 27.7 Å². The molecule has 1 unspecified atom stereocenters. The number of ether oxygens (including phenoxy) is 2. The average Bonchev–Trinajstić information content (AvgIpc) is 3.18. The van der Waals surface area contributed by atoms with Gasteiger partial charge in [0.1, 0.15) is 11.7 Å². The molecule has 1 aromatic carbocycles. The van der Waals surface area contributed by atoms with Crippen LogP contribution in [0.4, 0.5) is 28.4 Å². The van der Waals surface area contributed by atoms with E-state index in [1.165, 1.54) is 30.0 Å². The number of carbonyl (C=O) groups is 2. The van der Waals surface area contributed by atoms with Crippen molar-refractivity contribution in [1.29, 1.82) is 0 Å². The highest BCUT2D eigenvalue weighted by Crippen LogP contribution is 2.40. The van der Waals surface area contributed by atoms with Gasteiger partial charge in [-0.25, -0.2) is 9.59 Å². The van der Waals surface area contributed by atoms with Crippen LogP contribution in [0.2, 0.25) is 0 Å². The van der Waals surface area contributed by atoms with Crippen molar-refractivity contribution in [3.63, 3.8) is 0 Å². The average molecular weight is 493 g/mol. The molecule has 0 radical (unpaired) electrons. The van der Waals surface area contributed by atoms with Crippen LogP contribution in [0.3, 0.4) is 0 Å². The number of hydrogen-bond acceptors (Lipinski definition) is 6. The van der Waals surface area contributed by atoms with Crippen LogP contribution >= 0.6 is 0 Å². The molecule has 2 fully saturated rings. The van der Waals surface area contributed by atoms with Gasteiger partial charge in [-0.1, -0.05) is 25.1 Å². The van der Waals surface area contributed by atoms with E-state index in [2.05, 4.69) is 0 Å². The van der Waals surface area contributed by atoms with Crippen molar-refractivity contribution in [2.45, 2.75) is 76.1 Å². The minimum Gasteiger partial charge on any atom is -0.445 e. The molecule has 0 N–H and O–H groups in total. The summed E-state index contributed by atoms with van der Waals surface area (Å²) in [7, 11) is -6.12. The minimum absolute atomic E-state index is 0.0331. The third-order valence-electron chi connectivity index (χ3n) is 6.06. The Hall–Kier alpha value is -2.50. The molecule has 1 atom stereocenters. The van der Waals surface area contributed by atoms with Crippen LogP contribution in [0.15, 0.2) is 24.3 Å². The smallest absolute Gasteiger partial charge is 0.445 e. The monoisotopic (exact) mass is 492 g/mol. The van der Waals surface area contributed by atoms with E-state index in [-0.39, 0.29) is 22.8 Å². The lowest BCUT2D eigenvalue weighted by atomic mass is 9.96. The summed E-state index contributed by atoms with van der Waals surface area (Å²) in [6.07, 6.45) is 1.19. The topological polar surface area (TPSA) is 93.2 Å². The lowest BCUT2D eigenvalue weighted by molar-refractivity contribution is -0.0461. The van der Waals surface area contributed by atoms with E-state index < -0.39 is 45.1 Å². The number of rotatable bonds is 6. The number of para-hydroxylation sites is 1. The van der Waals surface area contributed by atoms with Crippen LogP contribution in [-0.2, 0) is 26.0 Å². The second-order valence-electron chi connectivity index (χ2n) is 8.38. The molecule has 3 rings (SSSR count). The SMILES string of the molecule is CCC(C)OC(=O)N(c1ccccc1CN1CCC2(CCCC2)OC1=O)S(=O)(=O)C(F)(F)F. The Labute approximate surface area is 190 Å². The fourth-order valence-corrected chi connectivity index (χ4v) is 4.91. The molecule has 1 saturated heterocycles. The predicted molar refractivity (Wildman–Crippen MR) is 113 cm³/mol. The van der Waals surface area contributed by atoms with Crippen LogP contribution in [-0.4, -0.2) is 49.3 Å². The Morgan fingerprint density at radius 1 is 1.24 bits per heavy atom. The van der Waals surface area contributed by atoms with Crippen molar-refractivity contribution < 1.29 is 40.7 Å². The molecule has 184 valence electrons. The zero-order valence-corrected chi connectivity index (χ0v) is 19.2. The number of sulfonamides is 1. The molecular weight excluding hydrogens is 465 g/mol. The lowest BCUT2D eigenvalue weighted by Gasteiger charge is -2.39. The van der Waals surface area contributed by atoms with Crippen molar-refractivity contribution in [3.05, 3.63) is 29.8 Å². The molecule has 12 heteroatoms. The minimum atomic E-state index is -6.12. The predicted octanol–water partition coefficient (Wildman–Crippen LogP) is 4.93. The molecule has 1 aliphatic carbocycles. The number of hydrogen-bond donors (Lipinski definition) is 0. The lowest BCUT2D eigenvalue weighted by Crippen LogP contribution is -2.48. The summed E-state index contributed by atoms with van der Waals surface area (Å²) in [5.74, 6) is 0. The molecule has 1 saturated carbocycles. The van der Waals surface area contributed by atoms with Gasteiger partial charge in [0.25, 0.3) is 0 Å². The largest absolute Gasteiger partial charge is 0.517 e.